The summed E-state index contributed by atoms with van der Waals surface area (Å²) in [4.78, 5) is 4.02. The van der Waals surface area contributed by atoms with E-state index in [0.29, 0.717) is 0 Å². The van der Waals surface area contributed by atoms with Crippen molar-refractivity contribution in [1.29, 1.82) is 0 Å². The molecule has 0 atom stereocenters. The topological polar surface area (TPSA) is 21.3 Å². The first-order valence-electron chi connectivity index (χ1n) is 2.73. The molecule has 66 valence electrons. The van der Waals surface area contributed by atoms with Crippen LogP contribution in [-0.2, 0) is 4.84 Å². The van der Waals surface area contributed by atoms with E-state index < -0.39 is 12.8 Å². The van der Waals surface area contributed by atoms with Crippen molar-refractivity contribution < 1.29 is 18.0 Å². The van der Waals surface area contributed by atoms with Crippen LogP contribution in [0.5, 0.6) is 0 Å². The van der Waals surface area contributed by atoms with Crippen LogP contribution in [0.25, 0.3) is 0 Å². The van der Waals surface area contributed by atoms with Crippen LogP contribution in [0, 0.1) is 0 Å². The Bertz CT molecular complexity index is 125. The van der Waals surface area contributed by atoms with E-state index in [-0.39, 0.29) is 6.54 Å². The highest BCUT2D eigenvalue weighted by Crippen LogP contribution is 2.13. The molecular weight excluding hydrogens is 183 g/mol. The number of nitrogens with one attached hydrogen (secondary N) is 1. The van der Waals surface area contributed by atoms with E-state index >= 15 is 0 Å². The number of rotatable bonds is 4. The molecule has 0 heterocycles. The van der Waals surface area contributed by atoms with Crippen molar-refractivity contribution in [2.75, 3.05) is 13.2 Å². The molecule has 11 heavy (non-hydrogen) atoms. The second-order valence-electron chi connectivity index (χ2n) is 1.61. The molecule has 0 aliphatic rings. The van der Waals surface area contributed by atoms with Crippen molar-refractivity contribution in [3.63, 3.8) is 0 Å². The summed E-state index contributed by atoms with van der Waals surface area (Å²) >= 11 is 5.07. The first kappa shape index (κ1) is 10.7. The smallest absolute Gasteiger partial charge is 0.292 e. The van der Waals surface area contributed by atoms with Crippen LogP contribution in [0.1, 0.15) is 0 Å². The second kappa shape index (κ2) is 5.40. The van der Waals surface area contributed by atoms with Crippen molar-refractivity contribution in [1.82, 2.24) is 5.48 Å². The minimum atomic E-state index is -4.29. The Morgan fingerprint density at radius 2 is 2.09 bits per heavy atom. The first-order chi connectivity index (χ1) is 5.06. The molecule has 0 saturated carbocycles. The Kier molecular flexibility index (Phi) is 5.27. The summed E-state index contributed by atoms with van der Waals surface area (Å²) in [5.74, 6) is 0. The number of hydrogen-bond acceptors (Lipinski definition) is 2. The first-order valence-corrected chi connectivity index (χ1v) is 3.16. The second-order valence-corrected chi connectivity index (χ2v) is 1.87. The van der Waals surface area contributed by atoms with E-state index in [2.05, 4.69) is 10.3 Å². The third kappa shape index (κ3) is 9.74. The zero-order chi connectivity index (χ0) is 8.74. The minimum Gasteiger partial charge on any atom is -0.292 e. The molecule has 1 N–H and O–H groups in total. The molecule has 0 amide bonds. The van der Waals surface area contributed by atoms with Gasteiger partial charge in [-0.15, -0.1) is 0 Å². The average Bonchev–Trinajstić information content (AvgIpc) is 1.85. The van der Waals surface area contributed by atoms with Crippen molar-refractivity contribution in [3.8, 4) is 0 Å². The molecule has 0 fully saturated rings. The van der Waals surface area contributed by atoms with Gasteiger partial charge in [-0.25, -0.2) is 0 Å². The Labute approximate surface area is 66.9 Å². The molecule has 0 aromatic rings. The molecule has 0 bridgehead atoms. The zero-order valence-electron chi connectivity index (χ0n) is 5.49. The highest BCUT2D eigenvalue weighted by atomic mass is 35.5. The van der Waals surface area contributed by atoms with E-state index in [9.17, 15) is 13.2 Å². The summed E-state index contributed by atoms with van der Waals surface area (Å²) in [6, 6.07) is 0. The minimum absolute atomic E-state index is 0.152. The molecule has 0 aromatic carbocycles. The maximum atomic E-state index is 11.4. The SMILES string of the molecule is FC(F)(F)CONC/C=C/Cl. The molecule has 0 unspecified atom stereocenters. The molecule has 0 spiro atoms. The van der Waals surface area contributed by atoms with E-state index in [4.69, 9.17) is 11.6 Å². The van der Waals surface area contributed by atoms with Crippen molar-refractivity contribution >= 4 is 11.6 Å². The van der Waals surface area contributed by atoms with Gasteiger partial charge in [-0.05, 0) is 0 Å². The molecule has 0 aliphatic carbocycles. The lowest BCUT2D eigenvalue weighted by Gasteiger charge is -2.05. The fraction of sp³-hybridized carbons (Fsp3) is 0.600. The van der Waals surface area contributed by atoms with Gasteiger partial charge >= 0.3 is 6.18 Å². The number of alkyl halides is 3. The van der Waals surface area contributed by atoms with Gasteiger partial charge in [0.1, 0.15) is 0 Å². The van der Waals surface area contributed by atoms with E-state index in [1.165, 1.54) is 11.6 Å². The third-order valence-electron chi connectivity index (χ3n) is 0.628. The fourth-order valence-electron chi connectivity index (χ4n) is 0.284. The Morgan fingerprint density at radius 3 is 2.55 bits per heavy atom. The largest absolute Gasteiger partial charge is 0.413 e. The molecule has 0 saturated heterocycles. The van der Waals surface area contributed by atoms with Crippen LogP contribution in [0.2, 0.25) is 0 Å². The van der Waals surface area contributed by atoms with Gasteiger partial charge in [-0.1, -0.05) is 17.7 Å². The van der Waals surface area contributed by atoms with Gasteiger partial charge in [-0.2, -0.15) is 18.7 Å². The monoisotopic (exact) mass is 189 g/mol. The van der Waals surface area contributed by atoms with Crippen molar-refractivity contribution in [3.05, 3.63) is 11.6 Å². The van der Waals surface area contributed by atoms with Crippen LogP contribution < -0.4 is 5.48 Å². The van der Waals surface area contributed by atoms with Crippen LogP contribution in [-0.4, -0.2) is 19.3 Å². The fourth-order valence-corrected chi connectivity index (χ4v) is 0.374. The summed E-state index contributed by atoms with van der Waals surface area (Å²) in [6.07, 6.45) is -2.88. The predicted molar refractivity (Wildman–Crippen MR) is 35.0 cm³/mol. The standard InChI is InChI=1S/C5H7ClF3NO/c6-2-1-3-10-11-4-5(7,8)9/h1-2,10H,3-4H2/b2-1+. The lowest BCUT2D eigenvalue weighted by atomic mass is 10.7. The van der Waals surface area contributed by atoms with Gasteiger partial charge in [0.15, 0.2) is 6.61 Å². The Hall–Kier alpha value is -0.260. The van der Waals surface area contributed by atoms with E-state index in [1.807, 2.05) is 0 Å². The van der Waals surface area contributed by atoms with Crippen molar-refractivity contribution in [2.24, 2.45) is 0 Å². The molecule has 0 aliphatic heterocycles. The maximum absolute atomic E-state index is 11.4. The average molecular weight is 190 g/mol. The molecule has 0 rings (SSSR count). The lowest BCUT2D eigenvalue weighted by molar-refractivity contribution is -0.188. The summed E-state index contributed by atoms with van der Waals surface area (Å²) in [6.45, 7) is -1.15. The summed E-state index contributed by atoms with van der Waals surface area (Å²) < 4.78 is 34.1. The Balaban J connectivity index is 3.15. The molecular formula is C5H7ClF3NO. The predicted octanol–water partition coefficient (Wildman–Crippen LogP) is 1.82. The molecule has 2 nitrogen and oxygen atoms in total. The summed E-state index contributed by atoms with van der Waals surface area (Å²) in [5, 5.41) is 0. The molecule has 6 heteroatoms. The maximum Gasteiger partial charge on any atom is 0.413 e. The number of hydrogen-bond donors (Lipinski definition) is 1. The van der Waals surface area contributed by atoms with Gasteiger partial charge in [0.05, 0.1) is 0 Å². The van der Waals surface area contributed by atoms with Crippen molar-refractivity contribution in [2.45, 2.75) is 6.18 Å². The Morgan fingerprint density at radius 1 is 1.45 bits per heavy atom. The van der Waals surface area contributed by atoms with Gasteiger partial charge in [-0.3, -0.25) is 4.84 Å². The quantitative estimate of drug-likeness (QED) is 0.538. The number of hydroxylamine groups is 1. The summed E-state index contributed by atoms with van der Waals surface area (Å²) in [5.41, 5.74) is 3.24. The normalized spacial score (nSPS) is 12.7. The van der Waals surface area contributed by atoms with Gasteiger partial charge in [0.2, 0.25) is 0 Å². The van der Waals surface area contributed by atoms with Gasteiger partial charge < -0.3 is 0 Å². The molecule has 0 aromatic heterocycles. The zero-order valence-corrected chi connectivity index (χ0v) is 6.24. The highest BCUT2D eigenvalue weighted by molar-refractivity contribution is 6.25. The molecule has 0 radical (unpaired) electrons. The van der Waals surface area contributed by atoms with Crippen LogP contribution in [0.4, 0.5) is 13.2 Å². The lowest BCUT2D eigenvalue weighted by Crippen LogP contribution is -2.24. The van der Waals surface area contributed by atoms with Gasteiger partial charge in [0, 0.05) is 12.1 Å². The third-order valence-corrected chi connectivity index (χ3v) is 0.806. The van der Waals surface area contributed by atoms with Gasteiger partial charge in [0.25, 0.3) is 0 Å². The van der Waals surface area contributed by atoms with Crippen LogP contribution in [0.15, 0.2) is 11.6 Å². The van der Waals surface area contributed by atoms with Crippen LogP contribution in [0.3, 0.4) is 0 Å². The van der Waals surface area contributed by atoms with E-state index in [1.54, 1.807) is 0 Å². The van der Waals surface area contributed by atoms with Crippen LogP contribution >= 0.6 is 11.6 Å². The highest BCUT2D eigenvalue weighted by Gasteiger charge is 2.27. The van der Waals surface area contributed by atoms with E-state index in [0.717, 1.165) is 0 Å². The number of halogens is 4. The summed E-state index contributed by atoms with van der Waals surface area (Å²) in [7, 11) is 0.